The molecule has 1 aliphatic rings. The van der Waals surface area contributed by atoms with Crippen molar-refractivity contribution in [2.75, 3.05) is 6.54 Å². The Bertz CT molecular complexity index is 833. The van der Waals surface area contributed by atoms with Crippen LogP contribution in [0.5, 0.6) is 0 Å². The van der Waals surface area contributed by atoms with Crippen LogP contribution in [0.4, 0.5) is 0 Å². The number of allylic oxidation sites excluding steroid dienone is 1. The Balaban J connectivity index is 1.82. The molecule has 4 heteroatoms. The van der Waals surface area contributed by atoms with Crippen molar-refractivity contribution in [2.24, 2.45) is 0 Å². The zero-order valence-corrected chi connectivity index (χ0v) is 13.3. The molecular weight excluding hydrogens is 302 g/mol. The van der Waals surface area contributed by atoms with Gasteiger partial charge in [0.25, 0.3) is 5.91 Å². The van der Waals surface area contributed by atoms with E-state index in [4.69, 9.17) is 4.74 Å². The number of cyclic esters (lactones) is 1. The van der Waals surface area contributed by atoms with Gasteiger partial charge in [0.05, 0.1) is 12.1 Å². The van der Waals surface area contributed by atoms with Crippen LogP contribution in [0.3, 0.4) is 0 Å². The van der Waals surface area contributed by atoms with Gasteiger partial charge < -0.3 is 10.1 Å². The number of esters is 1. The first kappa shape index (κ1) is 15.7. The number of carbonyl (C=O) groups excluding carboxylic acids is 2. The van der Waals surface area contributed by atoms with Gasteiger partial charge in [-0.2, -0.15) is 0 Å². The van der Waals surface area contributed by atoms with Gasteiger partial charge in [-0.1, -0.05) is 54.6 Å². The summed E-state index contributed by atoms with van der Waals surface area (Å²) in [6, 6.07) is 16.6. The van der Waals surface area contributed by atoms with Gasteiger partial charge in [0.15, 0.2) is 0 Å². The molecule has 1 amide bonds. The van der Waals surface area contributed by atoms with Crippen LogP contribution in [-0.2, 0) is 9.53 Å². The van der Waals surface area contributed by atoms with Crippen LogP contribution in [0.1, 0.15) is 21.5 Å². The van der Waals surface area contributed by atoms with Crippen LogP contribution in [0.25, 0.3) is 5.57 Å². The molecule has 0 radical (unpaired) electrons. The summed E-state index contributed by atoms with van der Waals surface area (Å²) in [5, 5.41) is 2.77. The summed E-state index contributed by atoms with van der Waals surface area (Å²) in [4.78, 5) is 24.3. The highest BCUT2D eigenvalue weighted by Gasteiger charge is 2.29. The molecule has 1 aliphatic heterocycles. The third-order valence-electron chi connectivity index (χ3n) is 3.84. The number of carbonyl (C=O) groups is 2. The van der Waals surface area contributed by atoms with E-state index < -0.39 is 5.97 Å². The van der Waals surface area contributed by atoms with E-state index in [-0.39, 0.29) is 12.5 Å². The predicted molar refractivity (Wildman–Crippen MR) is 92.1 cm³/mol. The van der Waals surface area contributed by atoms with Crippen LogP contribution >= 0.6 is 0 Å². The summed E-state index contributed by atoms with van der Waals surface area (Å²) in [7, 11) is 0. The Kier molecular flexibility index (Phi) is 4.29. The molecule has 24 heavy (non-hydrogen) atoms. The van der Waals surface area contributed by atoms with Gasteiger partial charge in [-0.15, -0.1) is 0 Å². The van der Waals surface area contributed by atoms with Gasteiger partial charge in [0, 0.05) is 11.1 Å². The predicted octanol–water partition coefficient (Wildman–Crippen LogP) is 3.25. The minimum absolute atomic E-state index is 0.0921. The van der Waals surface area contributed by atoms with Gasteiger partial charge in [0.1, 0.15) is 5.76 Å². The Morgan fingerprint density at radius 3 is 2.42 bits per heavy atom. The molecule has 0 saturated carbocycles. The highest BCUT2D eigenvalue weighted by molar-refractivity contribution is 6.07. The number of aryl methyl sites for hydroxylation is 1. The average molecular weight is 319 g/mol. The maximum atomic E-state index is 12.2. The van der Waals surface area contributed by atoms with E-state index in [1.807, 2.05) is 49.4 Å². The number of benzene rings is 2. The van der Waals surface area contributed by atoms with Crippen molar-refractivity contribution in [3.63, 3.8) is 0 Å². The van der Waals surface area contributed by atoms with Crippen LogP contribution in [0, 0.1) is 6.92 Å². The third kappa shape index (κ3) is 3.13. The Hall–Kier alpha value is -3.14. The molecule has 0 bridgehead atoms. The van der Waals surface area contributed by atoms with E-state index in [1.54, 1.807) is 12.1 Å². The second-order valence-corrected chi connectivity index (χ2v) is 5.58. The summed E-state index contributed by atoms with van der Waals surface area (Å²) >= 11 is 0. The summed E-state index contributed by atoms with van der Waals surface area (Å²) in [5.74, 6) is -0.394. The van der Waals surface area contributed by atoms with Crippen LogP contribution in [-0.4, -0.2) is 18.4 Å². The topological polar surface area (TPSA) is 55.4 Å². The second-order valence-electron chi connectivity index (χ2n) is 5.58. The van der Waals surface area contributed by atoms with Crippen LogP contribution < -0.4 is 5.32 Å². The molecule has 1 N–H and O–H groups in total. The third-order valence-corrected chi connectivity index (χ3v) is 3.84. The minimum atomic E-state index is -0.469. The summed E-state index contributed by atoms with van der Waals surface area (Å²) in [6.45, 7) is 5.84. The van der Waals surface area contributed by atoms with Crippen molar-refractivity contribution >= 4 is 17.4 Å². The van der Waals surface area contributed by atoms with E-state index in [9.17, 15) is 9.59 Å². The van der Waals surface area contributed by atoms with Gasteiger partial charge in [0.2, 0.25) is 0 Å². The summed E-state index contributed by atoms with van der Waals surface area (Å²) in [6.07, 6.45) is 0. The molecule has 0 unspecified atom stereocenters. The van der Waals surface area contributed by atoms with Gasteiger partial charge >= 0.3 is 5.97 Å². The molecule has 0 saturated heterocycles. The van der Waals surface area contributed by atoms with Gasteiger partial charge in [-0.25, -0.2) is 4.79 Å². The number of hydrogen-bond acceptors (Lipinski definition) is 3. The molecule has 0 aromatic heterocycles. The molecule has 4 nitrogen and oxygen atoms in total. The maximum absolute atomic E-state index is 12.2. The van der Waals surface area contributed by atoms with Crippen molar-refractivity contribution in [3.05, 3.63) is 89.2 Å². The van der Waals surface area contributed by atoms with E-state index in [1.165, 1.54) is 0 Å². The van der Waals surface area contributed by atoms with Crippen LogP contribution in [0.15, 0.2) is 72.5 Å². The number of hydrogen-bond donors (Lipinski definition) is 1. The van der Waals surface area contributed by atoms with Crippen molar-refractivity contribution in [1.29, 1.82) is 0 Å². The first-order chi connectivity index (χ1) is 11.6. The molecule has 2 aromatic rings. The van der Waals surface area contributed by atoms with Gasteiger partial charge in [-0.3, -0.25) is 4.79 Å². The first-order valence-electron chi connectivity index (χ1n) is 7.61. The maximum Gasteiger partial charge on any atom is 0.341 e. The normalized spacial score (nSPS) is 13.9. The molecule has 0 atom stereocenters. The lowest BCUT2D eigenvalue weighted by Crippen LogP contribution is -2.27. The molecule has 2 aromatic carbocycles. The first-order valence-corrected chi connectivity index (χ1v) is 7.61. The molecule has 120 valence electrons. The minimum Gasteiger partial charge on any atom is -0.423 e. The quantitative estimate of drug-likeness (QED) is 0.880. The number of rotatable bonds is 4. The molecule has 1 heterocycles. The lowest BCUT2D eigenvalue weighted by atomic mass is 10.0. The fourth-order valence-corrected chi connectivity index (χ4v) is 2.57. The summed E-state index contributed by atoms with van der Waals surface area (Å²) < 4.78 is 5.14. The molecule has 0 fully saturated rings. The largest absolute Gasteiger partial charge is 0.423 e. The van der Waals surface area contributed by atoms with Crippen molar-refractivity contribution < 1.29 is 14.3 Å². The molecular formula is C20H17NO3. The molecule has 0 spiro atoms. The van der Waals surface area contributed by atoms with E-state index in [2.05, 4.69) is 11.9 Å². The average Bonchev–Trinajstić information content (AvgIpc) is 2.87. The highest BCUT2D eigenvalue weighted by Crippen LogP contribution is 2.33. The molecule has 0 aliphatic carbocycles. The van der Waals surface area contributed by atoms with Crippen molar-refractivity contribution in [2.45, 2.75) is 6.92 Å². The number of nitrogens with one attached hydrogen (secondary N) is 1. The Morgan fingerprint density at radius 1 is 1.08 bits per heavy atom. The number of ether oxygens (including phenoxy) is 1. The Labute approximate surface area is 140 Å². The van der Waals surface area contributed by atoms with E-state index >= 15 is 0 Å². The van der Waals surface area contributed by atoms with E-state index in [0.717, 1.165) is 11.1 Å². The van der Waals surface area contributed by atoms with Crippen LogP contribution in [0.2, 0.25) is 0 Å². The van der Waals surface area contributed by atoms with E-state index in [0.29, 0.717) is 22.5 Å². The SMILES string of the molecule is C=C1OC(=O)C(CNC(=O)c2ccc(C)cc2)=C1c1ccccc1. The monoisotopic (exact) mass is 319 g/mol. The zero-order valence-electron chi connectivity index (χ0n) is 13.3. The van der Waals surface area contributed by atoms with Crippen molar-refractivity contribution in [3.8, 4) is 0 Å². The highest BCUT2D eigenvalue weighted by atomic mass is 16.5. The molecule has 3 rings (SSSR count). The lowest BCUT2D eigenvalue weighted by molar-refractivity contribution is -0.133. The number of amides is 1. The fraction of sp³-hybridized carbons (Fsp3) is 0.100. The fourth-order valence-electron chi connectivity index (χ4n) is 2.57. The summed E-state index contributed by atoms with van der Waals surface area (Å²) in [5.41, 5.74) is 3.52. The standard InChI is InChI=1S/C20H17NO3/c1-13-8-10-16(11-9-13)19(22)21-12-17-18(14(2)24-20(17)23)15-6-4-3-5-7-15/h3-11H,2,12H2,1H3,(H,21,22). The second kappa shape index (κ2) is 6.54. The Morgan fingerprint density at radius 2 is 1.75 bits per heavy atom. The zero-order chi connectivity index (χ0) is 17.1. The van der Waals surface area contributed by atoms with Gasteiger partial charge in [-0.05, 0) is 24.6 Å². The smallest absolute Gasteiger partial charge is 0.341 e. The van der Waals surface area contributed by atoms with Crippen molar-refractivity contribution in [1.82, 2.24) is 5.32 Å². The lowest BCUT2D eigenvalue weighted by Gasteiger charge is -2.07.